The van der Waals surface area contributed by atoms with Crippen LogP contribution < -0.4 is 0 Å². The molecule has 2 fully saturated rings. The Morgan fingerprint density at radius 3 is 2.50 bits per heavy atom. The van der Waals surface area contributed by atoms with Gasteiger partial charge in [-0.3, -0.25) is 9.69 Å². The van der Waals surface area contributed by atoms with Gasteiger partial charge < -0.3 is 14.7 Å². The number of hydrogen-bond acceptors (Lipinski definition) is 4. The third kappa shape index (κ3) is 5.52. The molecule has 0 bridgehead atoms. The number of ether oxygens (including phenoxy) is 1. The molecule has 2 rings (SSSR count). The summed E-state index contributed by atoms with van der Waals surface area (Å²) in [5, 5.41) is 9.27. The predicted molar refractivity (Wildman–Crippen MR) is 86.7 cm³/mol. The lowest BCUT2D eigenvalue weighted by Gasteiger charge is -2.36. The second-order valence-corrected chi connectivity index (χ2v) is 7.11. The summed E-state index contributed by atoms with van der Waals surface area (Å²) in [6.07, 6.45) is 6.76. The molecule has 1 N–H and O–H groups in total. The van der Waals surface area contributed by atoms with E-state index in [0.717, 1.165) is 52.2 Å². The zero-order chi connectivity index (χ0) is 15.8. The van der Waals surface area contributed by atoms with E-state index in [1.165, 1.54) is 19.3 Å². The van der Waals surface area contributed by atoms with Crippen LogP contribution in [0.5, 0.6) is 0 Å². The van der Waals surface area contributed by atoms with Crippen molar-refractivity contribution in [3.63, 3.8) is 0 Å². The monoisotopic (exact) mass is 312 g/mol. The number of carbonyl (C=O) groups excluding carboxylic acids is 1. The van der Waals surface area contributed by atoms with Crippen molar-refractivity contribution in [1.29, 1.82) is 0 Å². The Morgan fingerprint density at radius 2 is 1.86 bits per heavy atom. The average Bonchev–Trinajstić information content (AvgIpc) is 2.52. The second-order valence-electron chi connectivity index (χ2n) is 7.11. The van der Waals surface area contributed by atoms with E-state index in [2.05, 4.69) is 11.8 Å². The largest absolute Gasteiger partial charge is 0.395 e. The fourth-order valence-corrected chi connectivity index (χ4v) is 3.63. The van der Waals surface area contributed by atoms with E-state index in [-0.39, 0.29) is 17.9 Å². The standard InChI is InChI=1S/C17H32N2O3/c1-17(5-3-2-4-6-17)15-16(21)19(9-12-20)8-7-18-10-13-22-14-11-18/h20H,2-15H2,1H3. The van der Waals surface area contributed by atoms with E-state index in [1.807, 2.05) is 4.90 Å². The SMILES string of the molecule is CC1(CC(=O)N(CCO)CCN2CCOCC2)CCCCC1. The summed E-state index contributed by atoms with van der Waals surface area (Å²) in [4.78, 5) is 16.8. The summed E-state index contributed by atoms with van der Waals surface area (Å²) in [6.45, 7) is 7.81. The Bertz CT molecular complexity index is 337. The van der Waals surface area contributed by atoms with E-state index in [1.54, 1.807) is 0 Å². The summed E-state index contributed by atoms with van der Waals surface area (Å²) in [5.74, 6) is 0.215. The number of aliphatic hydroxyl groups is 1. The molecule has 1 amide bonds. The van der Waals surface area contributed by atoms with Gasteiger partial charge in [0.2, 0.25) is 5.91 Å². The first-order valence-corrected chi connectivity index (χ1v) is 8.82. The van der Waals surface area contributed by atoms with Crippen LogP contribution in [0.4, 0.5) is 0 Å². The molecule has 22 heavy (non-hydrogen) atoms. The summed E-state index contributed by atoms with van der Waals surface area (Å²) < 4.78 is 5.35. The summed E-state index contributed by atoms with van der Waals surface area (Å²) in [6, 6.07) is 0. The van der Waals surface area contributed by atoms with Crippen molar-refractivity contribution in [2.75, 3.05) is 52.5 Å². The zero-order valence-electron chi connectivity index (χ0n) is 14.1. The van der Waals surface area contributed by atoms with Crippen molar-refractivity contribution in [2.45, 2.75) is 45.4 Å². The summed E-state index contributed by atoms with van der Waals surface area (Å²) >= 11 is 0. The van der Waals surface area contributed by atoms with E-state index < -0.39 is 0 Å². The van der Waals surface area contributed by atoms with E-state index in [4.69, 9.17) is 4.74 Å². The number of carbonyl (C=O) groups is 1. The summed E-state index contributed by atoms with van der Waals surface area (Å²) in [5.41, 5.74) is 0.169. The number of rotatable bonds is 7. The van der Waals surface area contributed by atoms with Crippen molar-refractivity contribution in [3.8, 4) is 0 Å². The highest BCUT2D eigenvalue weighted by Crippen LogP contribution is 2.39. The van der Waals surface area contributed by atoms with Crippen LogP contribution in [0.15, 0.2) is 0 Å². The molecule has 5 heteroatoms. The molecule has 0 radical (unpaired) electrons. The number of nitrogens with zero attached hydrogens (tertiary/aromatic N) is 2. The van der Waals surface area contributed by atoms with Crippen LogP contribution in [0.3, 0.4) is 0 Å². The molecule has 0 aromatic carbocycles. The molecule has 1 heterocycles. The van der Waals surface area contributed by atoms with Crippen LogP contribution >= 0.6 is 0 Å². The van der Waals surface area contributed by atoms with E-state index >= 15 is 0 Å². The average molecular weight is 312 g/mol. The molecule has 0 spiro atoms. The van der Waals surface area contributed by atoms with Crippen molar-refractivity contribution >= 4 is 5.91 Å². The van der Waals surface area contributed by atoms with E-state index in [0.29, 0.717) is 13.0 Å². The third-order valence-electron chi connectivity index (χ3n) is 5.15. The van der Waals surface area contributed by atoms with Gasteiger partial charge in [-0.25, -0.2) is 0 Å². The van der Waals surface area contributed by atoms with Crippen LogP contribution in [0.1, 0.15) is 45.4 Å². The molecule has 5 nitrogen and oxygen atoms in total. The zero-order valence-corrected chi connectivity index (χ0v) is 14.1. The van der Waals surface area contributed by atoms with Gasteiger partial charge in [0.1, 0.15) is 0 Å². The van der Waals surface area contributed by atoms with Gasteiger partial charge in [0.05, 0.1) is 19.8 Å². The molecule has 1 aliphatic carbocycles. The van der Waals surface area contributed by atoms with Gasteiger partial charge in [-0.1, -0.05) is 26.2 Å². The number of hydrogen-bond donors (Lipinski definition) is 1. The maximum atomic E-state index is 12.7. The Morgan fingerprint density at radius 1 is 1.18 bits per heavy atom. The van der Waals surface area contributed by atoms with Crippen molar-refractivity contribution < 1.29 is 14.6 Å². The van der Waals surface area contributed by atoms with E-state index in [9.17, 15) is 9.90 Å². The van der Waals surface area contributed by atoms with Gasteiger partial charge in [0.25, 0.3) is 0 Å². The maximum absolute atomic E-state index is 12.7. The lowest BCUT2D eigenvalue weighted by molar-refractivity contribution is -0.135. The van der Waals surface area contributed by atoms with Gasteiger partial charge >= 0.3 is 0 Å². The lowest BCUT2D eigenvalue weighted by atomic mass is 9.73. The van der Waals surface area contributed by atoms with Gasteiger partial charge in [-0.05, 0) is 18.3 Å². The Kier molecular flexibility index (Phi) is 7.12. The van der Waals surface area contributed by atoms with Crippen LogP contribution in [0.2, 0.25) is 0 Å². The Hall–Kier alpha value is -0.650. The van der Waals surface area contributed by atoms with Crippen molar-refractivity contribution in [2.24, 2.45) is 5.41 Å². The molecule has 0 aromatic rings. The fraction of sp³-hybridized carbons (Fsp3) is 0.941. The maximum Gasteiger partial charge on any atom is 0.223 e. The fourth-order valence-electron chi connectivity index (χ4n) is 3.63. The van der Waals surface area contributed by atoms with Gasteiger partial charge in [-0.15, -0.1) is 0 Å². The number of amides is 1. The van der Waals surface area contributed by atoms with Gasteiger partial charge in [0, 0.05) is 39.1 Å². The minimum absolute atomic E-state index is 0.0472. The van der Waals surface area contributed by atoms with Crippen molar-refractivity contribution in [3.05, 3.63) is 0 Å². The third-order valence-corrected chi connectivity index (χ3v) is 5.15. The minimum atomic E-state index is 0.0472. The first-order valence-electron chi connectivity index (χ1n) is 8.82. The molecule has 2 aliphatic rings. The van der Waals surface area contributed by atoms with Gasteiger partial charge in [-0.2, -0.15) is 0 Å². The highest BCUT2D eigenvalue weighted by atomic mass is 16.5. The smallest absolute Gasteiger partial charge is 0.223 e. The molecular formula is C17H32N2O3. The van der Waals surface area contributed by atoms with Crippen LogP contribution in [-0.4, -0.2) is 73.4 Å². The topological polar surface area (TPSA) is 53.0 Å². The van der Waals surface area contributed by atoms with Crippen molar-refractivity contribution in [1.82, 2.24) is 9.80 Å². The molecular weight excluding hydrogens is 280 g/mol. The second kappa shape index (κ2) is 8.85. The molecule has 1 aliphatic heterocycles. The molecule has 128 valence electrons. The number of morpholine rings is 1. The molecule has 0 atom stereocenters. The Labute approximate surface area is 134 Å². The molecule has 0 aromatic heterocycles. The van der Waals surface area contributed by atoms with Crippen LogP contribution in [0.25, 0.3) is 0 Å². The first-order chi connectivity index (χ1) is 10.6. The minimum Gasteiger partial charge on any atom is -0.395 e. The molecule has 1 saturated carbocycles. The first kappa shape index (κ1) is 17.7. The van der Waals surface area contributed by atoms with Gasteiger partial charge in [0.15, 0.2) is 0 Å². The normalized spacial score (nSPS) is 22.5. The lowest BCUT2D eigenvalue weighted by Crippen LogP contribution is -2.44. The Balaban J connectivity index is 1.81. The van der Waals surface area contributed by atoms with Crippen LogP contribution in [-0.2, 0) is 9.53 Å². The quantitative estimate of drug-likeness (QED) is 0.774. The predicted octanol–water partition coefficient (Wildman–Crippen LogP) is 1.50. The van der Waals surface area contributed by atoms with Crippen LogP contribution in [0, 0.1) is 5.41 Å². The highest BCUT2D eigenvalue weighted by molar-refractivity contribution is 5.77. The summed E-state index contributed by atoms with van der Waals surface area (Å²) in [7, 11) is 0. The number of aliphatic hydroxyl groups excluding tert-OH is 1. The highest BCUT2D eigenvalue weighted by Gasteiger charge is 2.31. The molecule has 0 unspecified atom stereocenters. The molecule has 1 saturated heterocycles.